The average molecular weight is 489 g/mol. The van der Waals surface area contributed by atoms with Crippen molar-refractivity contribution in [1.29, 1.82) is 0 Å². The molecule has 4 aromatic rings. The highest BCUT2D eigenvalue weighted by molar-refractivity contribution is 7.92. The van der Waals surface area contributed by atoms with Gasteiger partial charge in [-0.05, 0) is 31.2 Å². The van der Waals surface area contributed by atoms with Crippen molar-refractivity contribution in [1.82, 2.24) is 9.97 Å². The maximum absolute atomic E-state index is 13.5. The van der Waals surface area contributed by atoms with Gasteiger partial charge in [-0.1, -0.05) is 60.2 Å². The Morgan fingerprint density at radius 1 is 0.857 bits per heavy atom. The molecule has 3 aromatic carbocycles. The minimum absolute atomic E-state index is 0.239. The van der Waals surface area contributed by atoms with E-state index < -0.39 is 10.0 Å². The van der Waals surface area contributed by atoms with Gasteiger partial charge in [-0.15, -0.1) is 0 Å². The quantitative estimate of drug-likeness (QED) is 0.452. The fraction of sp³-hybridized carbons (Fsp3) is 0.259. The zero-order chi connectivity index (χ0) is 24.4. The molecule has 180 valence electrons. The van der Waals surface area contributed by atoms with Crippen LogP contribution >= 0.6 is 0 Å². The topological polar surface area (TPSA) is 70.8 Å². The molecule has 1 aliphatic rings. The van der Waals surface area contributed by atoms with E-state index in [-0.39, 0.29) is 4.90 Å². The number of nitrogens with one attached hydrogen (secondary N) is 1. The van der Waals surface area contributed by atoms with E-state index in [9.17, 15) is 8.42 Å². The third-order valence-electron chi connectivity index (χ3n) is 6.58. The van der Waals surface area contributed by atoms with E-state index in [2.05, 4.69) is 29.2 Å². The first kappa shape index (κ1) is 23.3. The van der Waals surface area contributed by atoms with Crippen molar-refractivity contribution < 1.29 is 13.3 Å². The van der Waals surface area contributed by atoms with Gasteiger partial charge in [0, 0.05) is 12.6 Å². The molecule has 1 aliphatic heterocycles. The third kappa shape index (κ3) is 4.85. The van der Waals surface area contributed by atoms with Gasteiger partial charge in [0.1, 0.15) is 6.54 Å². The fourth-order valence-corrected chi connectivity index (χ4v) is 5.63. The molecule has 0 unspecified atom stereocenters. The molecular formula is C27H30N5O2S+. The Labute approximate surface area is 206 Å². The van der Waals surface area contributed by atoms with Gasteiger partial charge >= 0.3 is 0 Å². The lowest BCUT2D eigenvalue weighted by atomic mass is 10.2. The standard InChI is InChI=1S/C27H29N5O2S/c1-21-12-14-23(15-13-21)35(33,34)30(2)26-27(29-25-11-7-6-10-24(25)28-26)32-18-16-31(17-19-32)20-22-8-4-3-5-9-22/h3-15H,16-20H2,1-2H3/p+1. The van der Waals surface area contributed by atoms with Gasteiger partial charge in [-0.3, -0.25) is 0 Å². The molecule has 0 bridgehead atoms. The van der Waals surface area contributed by atoms with Gasteiger partial charge < -0.3 is 9.80 Å². The number of hydrogen-bond donors (Lipinski definition) is 1. The van der Waals surface area contributed by atoms with Crippen LogP contribution in [0.1, 0.15) is 11.1 Å². The Morgan fingerprint density at radius 2 is 1.46 bits per heavy atom. The lowest BCUT2D eigenvalue weighted by Crippen LogP contribution is -3.13. The van der Waals surface area contributed by atoms with Crippen LogP contribution in [-0.2, 0) is 16.6 Å². The summed E-state index contributed by atoms with van der Waals surface area (Å²) in [7, 11) is -2.23. The zero-order valence-corrected chi connectivity index (χ0v) is 20.9. The number of piperazine rings is 1. The Morgan fingerprint density at radius 3 is 2.11 bits per heavy atom. The monoisotopic (exact) mass is 488 g/mol. The lowest BCUT2D eigenvalue weighted by Gasteiger charge is -2.34. The van der Waals surface area contributed by atoms with E-state index in [1.54, 1.807) is 19.2 Å². The summed E-state index contributed by atoms with van der Waals surface area (Å²) in [4.78, 5) is 13.6. The molecular weight excluding hydrogens is 458 g/mol. The summed E-state index contributed by atoms with van der Waals surface area (Å²) in [6, 6.07) is 25.0. The molecule has 1 aromatic heterocycles. The second-order valence-corrected chi connectivity index (χ2v) is 11.0. The molecule has 1 saturated heterocycles. The van der Waals surface area contributed by atoms with Crippen LogP contribution in [0.5, 0.6) is 0 Å². The Kier molecular flexibility index (Phi) is 6.40. The number of hydrogen-bond acceptors (Lipinski definition) is 5. The third-order valence-corrected chi connectivity index (χ3v) is 8.34. The number of para-hydroxylation sites is 2. The number of aryl methyl sites for hydroxylation is 1. The molecule has 5 rings (SSSR count). The van der Waals surface area contributed by atoms with E-state index in [0.717, 1.165) is 43.8 Å². The molecule has 0 atom stereocenters. The Hall–Kier alpha value is -3.49. The van der Waals surface area contributed by atoms with Crippen molar-refractivity contribution in [2.45, 2.75) is 18.4 Å². The van der Waals surface area contributed by atoms with E-state index >= 15 is 0 Å². The summed E-state index contributed by atoms with van der Waals surface area (Å²) >= 11 is 0. The summed E-state index contributed by atoms with van der Waals surface area (Å²) < 4.78 is 28.3. The number of sulfonamides is 1. The van der Waals surface area contributed by atoms with Crippen LogP contribution < -0.4 is 14.1 Å². The molecule has 0 saturated carbocycles. The molecule has 8 heteroatoms. The maximum atomic E-state index is 13.5. The van der Waals surface area contributed by atoms with Crippen molar-refractivity contribution in [3.63, 3.8) is 0 Å². The number of aromatic nitrogens is 2. The summed E-state index contributed by atoms with van der Waals surface area (Å²) in [5.74, 6) is 0.969. The van der Waals surface area contributed by atoms with E-state index in [0.29, 0.717) is 17.2 Å². The highest BCUT2D eigenvalue weighted by Gasteiger charge is 2.30. The Bertz CT molecular complexity index is 1420. The molecule has 7 nitrogen and oxygen atoms in total. The zero-order valence-electron chi connectivity index (χ0n) is 20.1. The van der Waals surface area contributed by atoms with Gasteiger partial charge in [0.2, 0.25) is 0 Å². The summed E-state index contributed by atoms with van der Waals surface area (Å²) in [6.07, 6.45) is 0. The molecule has 0 radical (unpaired) electrons. The Balaban J connectivity index is 1.46. The number of anilines is 2. The smallest absolute Gasteiger partial charge is 0.265 e. The molecule has 35 heavy (non-hydrogen) atoms. The van der Waals surface area contributed by atoms with Gasteiger partial charge in [0.05, 0.1) is 42.1 Å². The highest BCUT2D eigenvalue weighted by atomic mass is 32.2. The van der Waals surface area contributed by atoms with Crippen LogP contribution in [0, 0.1) is 6.92 Å². The minimum atomic E-state index is -3.79. The lowest BCUT2D eigenvalue weighted by molar-refractivity contribution is -0.914. The van der Waals surface area contributed by atoms with Crippen LogP contribution in [0.15, 0.2) is 83.8 Å². The van der Waals surface area contributed by atoms with Crippen molar-refractivity contribution in [2.75, 3.05) is 42.4 Å². The number of nitrogens with zero attached hydrogens (tertiary/aromatic N) is 4. The summed E-state index contributed by atoms with van der Waals surface area (Å²) in [5, 5.41) is 0. The maximum Gasteiger partial charge on any atom is 0.265 e. The average Bonchev–Trinajstić information content (AvgIpc) is 2.89. The van der Waals surface area contributed by atoms with Gasteiger partial charge in [0.15, 0.2) is 11.6 Å². The number of benzene rings is 3. The van der Waals surface area contributed by atoms with Crippen LogP contribution in [0.3, 0.4) is 0 Å². The van der Waals surface area contributed by atoms with Gasteiger partial charge in [-0.2, -0.15) is 0 Å². The summed E-state index contributed by atoms with van der Waals surface area (Å²) in [5.41, 5.74) is 3.76. The normalized spacial score (nSPS) is 14.9. The van der Waals surface area contributed by atoms with Crippen molar-refractivity contribution in [3.05, 3.63) is 90.0 Å². The summed E-state index contributed by atoms with van der Waals surface area (Å²) in [6.45, 7) is 6.36. The molecule has 1 fully saturated rings. The largest absolute Gasteiger partial charge is 0.342 e. The van der Waals surface area contributed by atoms with Crippen LogP contribution in [0.2, 0.25) is 0 Å². The molecule has 0 spiro atoms. The van der Waals surface area contributed by atoms with Crippen LogP contribution in [0.25, 0.3) is 11.0 Å². The van der Waals surface area contributed by atoms with E-state index in [4.69, 9.17) is 9.97 Å². The molecule has 1 N–H and O–H groups in total. The first-order valence-electron chi connectivity index (χ1n) is 11.9. The number of rotatable bonds is 6. The van der Waals surface area contributed by atoms with E-state index in [1.165, 1.54) is 14.8 Å². The number of quaternary nitrogens is 1. The van der Waals surface area contributed by atoms with Crippen molar-refractivity contribution in [3.8, 4) is 0 Å². The SMILES string of the molecule is Cc1ccc(S(=O)(=O)N(C)c2nc3ccccc3nc2N2CC[NH+](Cc3ccccc3)CC2)cc1. The number of fused-ring (bicyclic) bond motifs is 1. The second-order valence-electron chi connectivity index (χ2n) is 9.04. The molecule has 2 heterocycles. The van der Waals surface area contributed by atoms with Gasteiger partial charge in [-0.25, -0.2) is 22.7 Å². The highest BCUT2D eigenvalue weighted by Crippen LogP contribution is 2.31. The van der Waals surface area contributed by atoms with Crippen LogP contribution in [0.4, 0.5) is 11.6 Å². The predicted molar refractivity (Wildman–Crippen MR) is 139 cm³/mol. The van der Waals surface area contributed by atoms with Crippen molar-refractivity contribution >= 4 is 32.7 Å². The molecule has 0 amide bonds. The van der Waals surface area contributed by atoms with Crippen LogP contribution in [-0.4, -0.2) is 51.6 Å². The second kappa shape index (κ2) is 9.64. The van der Waals surface area contributed by atoms with E-state index in [1.807, 2.05) is 49.4 Å². The fourth-order valence-electron chi connectivity index (χ4n) is 4.48. The minimum Gasteiger partial charge on any atom is -0.342 e. The predicted octanol–water partition coefficient (Wildman–Crippen LogP) is 2.67. The first-order valence-corrected chi connectivity index (χ1v) is 13.3. The first-order chi connectivity index (χ1) is 16.9. The van der Waals surface area contributed by atoms with Gasteiger partial charge in [0.25, 0.3) is 10.0 Å². The van der Waals surface area contributed by atoms with Crippen molar-refractivity contribution in [2.24, 2.45) is 0 Å². The molecule has 0 aliphatic carbocycles.